The molecule has 2 aromatic heterocycles. The SMILES string of the molecule is CNC(Cc1ncc(C)c(OC)c1C)c1ccoc1. The van der Waals surface area contributed by atoms with Crippen LogP contribution in [-0.2, 0) is 6.42 Å². The van der Waals surface area contributed by atoms with Crippen LogP contribution in [0.1, 0.15) is 28.4 Å². The summed E-state index contributed by atoms with van der Waals surface area (Å²) in [5.41, 5.74) is 4.34. The Labute approximate surface area is 113 Å². The first-order valence-electron chi connectivity index (χ1n) is 6.35. The van der Waals surface area contributed by atoms with Crippen LogP contribution in [0.3, 0.4) is 0 Å². The van der Waals surface area contributed by atoms with E-state index in [0.717, 1.165) is 34.6 Å². The molecule has 0 bridgehead atoms. The van der Waals surface area contributed by atoms with E-state index in [9.17, 15) is 0 Å². The first-order chi connectivity index (χ1) is 9.17. The van der Waals surface area contributed by atoms with Crippen molar-refractivity contribution in [3.63, 3.8) is 0 Å². The Morgan fingerprint density at radius 3 is 2.79 bits per heavy atom. The van der Waals surface area contributed by atoms with E-state index in [4.69, 9.17) is 9.15 Å². The summed E-state index contributed by atoms with van der Waals surface area (Å²) < 4.78 is 10.6. The minimum atomic E-state index is 0.192. The van der Waals surface area contributed by atoms with Gasteiger partial charge < -0.3 is 14.5 Å². The van der Waals surface area contributed by atoms with Crippen LogP contribution in [-0.4, -0.2) is 19.1 Å². The summed E-state index contributed by atoms with van der Waals surface area (Å²) in [6, 6.07) is 2.17. The Kier molecular flexibility index (Phi) is 4.22. The van der Waals surface area contributed by atoms with E-state index in [1.807, 2.05) is 26.2 Å². The number of hydrogen-bond acceptors (Lipinski definition) is 4. The monoisotopic (exact) mass is 260 g/mol. The zero-order chi connectivity index (χ0) is 13.8. The molecule has 2 aromatic rings. The third kappa shape index (κ3) is 2.79. The molecular formula is C15H20N2O2. The van der Waals surface area contributed by atoms with E-state index in [1.54, 1.807) is 19.6 Å². The molecule has 1 unspecified atom stereocenters. The van der Waals surface area contributed by atoms with Gasteiger partial charge in [0.1, 0.15) is 5.75 Å². The van der Waals surface area contributed by atoms with Crippen molar-refractivity contribution in [2.24, 2.45) is 0 Å². The van der Waals surface area contributed by atoms with Gasteiger partial charge in [0.25, 0.3) is 0 Å². The summed E-state index contributed by atoms with van der Waals surface area (Å²) in [7, 11) is 3.64. The van der Waals surface area contributed by atoms with E-state index in [2.05, 4.69) is 17.2 Å². The molecule has 2 heterocycles. The van der Waals surface area contributed by atoms with E-state index in [0.29, 0.717) is 0 Å². The Morgan fingerprint density at radius 2 is 2.21 bits per heavy atom. The topological polar surface area (TPSA) is 47.3 Å². The number of likely N-dealkylation sites (N-methyl/N-ethyl adjacent to an activating group) is 1. The molecule has 0 spiro atoms. The number of ether oxygens (including phenoxy) is 1. The lowest BCUT2D eigenvalue weighted by Gasteiger charge is -2.17. The summed E-state index contributed by atoms with van der Waals surface area (Å²) in [4.78, 5) is 4.53. The third-order valence-corrected chi connectivity index (χ3v) is 3.44. The smallest absolute Gasteiger partial charge is 0.128 e. The van der Waals surface area contributed by atoms with Crippen LogP contribution in [0.25, 0.3) is 0 Å². The van der Waals surface area contributed by atoms with Gasteiger partial charge >= 0.3 is 0 Å². The summed E-state index contributed by atoms with van der Waals surface area (Å²) >= 11 is 0. The lowest BCUT2D eigenvalue weighted by molar-refractivity contribution is 0.406. The maximum atomic E-state index is 5.44. The van der Waals surface area contributed by atoms with Gasteiger partial charge in [-0.3, -0.25) is 4.98 Å². The molecule has 0 fully saturated rings. The molecular weight excluding hydrogens is 240 g/mol. The van der Waals surface area contributed by atoms with Gasteiger partial charge in [0.15, 0.2) is 0 Å². The summed E-state index contributed by atoms with van der Waals surface area (Å²) in [5.74, 6) is 0.923. The highest BCUT2D eigenvalue weighted by molar-refractivity contribution is 5.41. The van der Waals surface area contributed by atoms with Crippen molar-refractivity contribution in [2.45, 2.75) is 26.3 Å². The number of methoxy groups -OCH3 is 1. The van der Waals surface area contributed by atoms with Gasteiger partial charge in [0.05, 0.1) is 19.6 Å². The van der Waals surface area contributed by atoms with Crippen LogP contribution in [0.4, 0.5) is 0 Å². The third-order valence-electron chi connectivity index (χ3n) is 3.44. The van der Waals surface area contributed by atoms with Crippen LogP contribution in [0.2, 0.25) is 0 Å². The van der Waals surface area contributed by atoms with Gasteiger partial charge in [0, 0.05) is 41.0 Å². The molecule has 0 radical (unpaired) electrons. The molecule has 1 N–H and O–H groups in total. The highest BCUT2D eigenvalue weighted by Gasteiger charge is 2.16. The van der Waals surface area contributed by atoms with E-state index in [-0.39, 0.29) is 6.04 Å². The Morgan fingerprint density at radius 1 is 1.42 bits per heavy atom. The highest BCUT2D eigenvalue weighted by atomic mass is 16.5. The zero-order valence-electron chi connectivity index (χ0n) is 11.9. The summed E-state index contributed by atoms with van der Waals surface area (Å²) in [6.07, 6.45) is 6.12. The van der Waals surface area contributed by atoms with Gasteiger partial charge in [-0.2, -0.15) is 0 Å². The van der Waals surface area contributed by atoms with E-state index >= 15 is 0 Å². The number of aromatic nitrogens is 1. The molecule has 0 aliphatic rings. The minimum absolute atomic E-state index is 0.192. The first kappa shape index (κ1) is 13.6. The molecule has 0 aliphatic carbocycles. The molecule has 0 aliphatic heterocycles. The number of hydrogen-bond donors (Lipinski definition) is 1. The predicted octanol–water partition coefficient (Wildman–Crippen LogP) is 2.80. The van der Waals surface area contributed by atoms with Crippen molar-refractivity contribution < 1.29 is 9.15 Å². The second-order valence-corrected chi connectivity index (χ2v) is 4.65. The van der Waals surface area contributed by atoms with Crippen LogP contribution in [0.15, 0.2) is 29.2 Å². The van der Waals surface area contributed by atoms with Gasteiger partial charge in [-0.15, -0.1) is 0 Å². The van der Waals surface area contributed by atoms with Gasteiger partial charge in [-0.1, -0.05) is 0 Å². The van der Waals surface area contributed by atoms with E-state index in [1.165, 1.54) is 0 Å². The molecule has 1 atom stereocenters. The maximum Gasteiger partial charge on any atom is 0.128 e. The predicted molar refractivity (Wildman–Crippen MR) is 74.5 cm³/mol. The number of furan rings is 1. The molecule has 2 rings (SSSR count). The minimum Gasteiger partial charge on any atom is -0.496 e. The number of nitrogens with one attached hydrogen (secondary N) is 1. The van der Waals surface area contributed by atoms with Gasteiger partial charge in [0.2, 0.25) is 0 Å². The summed E-state index contributed by atoms with van der Waals surface area (Å²) in [6.45, 7) is 4.06. The average molecular weight is 260 g/mol. The van der Waals surface area contributed by atoms with Crippen molar-refractivity contribution in [1.82, 2.24) is 10.3 Å². The fourth-order valence-corrected chi connectivity index (χ4v) is 2.33. The molecule has 0 amide bonds. The molecule has 0 aromatic carbocycles. The molecule has 4 nitrogen and oxygen atoms in total. The largest absolute Gasteiger partial charge is 0.496 e. The number of nitrogens with zero attached hydrogens (tertiary/aromatic N) is 1. The van der Waals surface area contributed by atoms with Crippen LogP contribution in [0, 0.1) is 13.8 Å². The van der Waals surface area contributed by atoms with Crippen molar-refractivity contribution in [2.75, 3.05) is 14.2 Å². The normalized spacial score (nSPS) is 12.4. The van der Waals surface area contributed by atoms with Crippen LogP contribution >= 0.6 is 0 Å². The maximum absolute atomic E-state index is 5.44. The van der Waals surface area contributed by atoms with Gasteiger partial charge in [-0.25, -0.2) is 0 Å². The number of aryl methyl sites for hydroxylation is 1. The molecule has 102 valence electrons. The average Bonchev–Trinajstić information content (AvgIpc) is 2.92. The standard InChI is InChI=1S/C15H20N2O2/c1-10-8-17-13(11(2)15(10)18-4)7-14(16-3)12-5-6-19-9-12/h5-6,8-9,14,16H,7H2,1-4H3. The Bertz CT molecular complexity index is 535. The quantitative estimate of drug-likeness (QED) is 0.898. The van der Waals surface area contributed by atoms with Crippen molar-refractivity contribution in [1.29, 1.82) is 0 Å². The molecule has 19 heavy (non-hydrogen) atoms. The second kappa shape index (κ2) is 5.89. The van der Waals surface area contributed by atoms with Gasteiger partial charge in [-0.05, 0) is 27.0 Å². The Hall–Kier alpha value is -1.81. The fraction of sp³-hybridized carbons (Fsp3) is 0.400. The van der Waals surface area contributed by atoms with Crippen molar-refractivity contribution >= 4 is 0 Å². The Balaban J connectivity index is 2.28. The van der Waals surface area contributed by atoms with Crippen LogP contribution in [0.5, 0.6) is 5.75 Å². The van der Waals surface area contributed by atoms with Crippen molar-refractivity contribution in [3.8, 4) is 5.75 Å². The molecule has 0 saturated heterocycles. The van der Waals surface area contributed by atoms with E-state index < -0.39 is 0 Å². The molecule has 4 heteroatoms. The second-order valence-electron chi connectivity index (χ2n) is 4.65. The summed E-state index contributed by atoms with van der Waals surface area (Å²) in [5, 5.41) is 3.29. The number of rotatable bonds is 5. The highest BCUT2D eigenvalue weighted by Crippen LogP contribution is 2.27. The van der Waals surface area contributed by atoms with Crippen LogP contribution < -0.4 is 10.1 Å². The first-order valence-corrected chi connectivity index (χ1v) is 6.35. The van der Waals surface area contributed by atoms with Crippen molar-refractivity contribution in [3.05, 3.63) is 47.2 Å². The lowest BCUT2D eigenvalue weighted by atomic mass is 10.0. The molecule has 0 saturated carbocycles. The number of pyridine rings is 1. The fourth-order valence-electron chi connectivity index (χ4n) is 2.33. The zero-order valence-corrected chi connectivity index (χ0v) is 11.9. The lowest BCUT2D eigenvalue weighted by Crippen LogP contribution is -2.19.